The molecular formula is C26H29N3O3. The van der Waals surface area contributed by atoms with Crippen LogP contribution in [0.5, 0.6) is 0 Å². The van der Waals surface area contributed by atoms with Gasteiger partial charge in [-0.25, -0.2) is 4.79 Å². The minimum atomic E-state index is -0.229. The molecule has 1 fully saturated rings. The van der Waals surface area contributed by atoms with Gasteiger partial charge >= 0.3 is 6.03 Å². The monoisotopic (exact) mass is 431 g/mol. The molecule has 2 aromatic carbocycles. The van der Waals surface area contributed by atoms with Crippen molar-refractivity contribution in [2.24, 2.45) is 0 Å². The van der Waals surface area contributed by atoms with Crippen LogP contribution in [-0.2, 0) is 17.9 Å². The van der Waals surface area contributed by atoms with Crippen LogP contribution in [0.25, 0.3) is 0 Å². The molecule has 1 N–H and O–H groups in total. The van der Waals surface area contributed by atoms with Crippen LogP contribution in [0.2, 0.25) is 0 Å². The summed E-state index contributed by atoms with van der Waals surface area (Å²) < 4.78 is 5.48. The molecule has 1 heterocycles. The van der Waals surface area contributed by atoms with E-state index in [1.165, 1.54) is 0 Å². The lowest BCUT2D eigenvalue weighted by Gasteiger charge is -2.28. The molecule has 0 spiro atoms. The predicted molar refractivity (Wildman–Crippen MR) is 124 cm³/mol. The average molecular weight is 432 g/mol. The summed E-state index contributed by atoms with van der Waals surface area (Å²) >= 11 is 0. The average Bonchev–Trinajstić information content (AvgIpc) is 3.50. The maximum atomic E-state index is 13.4. The number of rotatable bonds is 8. The Labute approximate surface area is 188 Å². The Bertz CT molecular complexity index is 1060. The molecule has 0 saturated heterocycles. The minimum Gasteiger partial charge on any atom is -0.467 e. The zero-order valence-corrected chi connectivity index (χ0v) is 18.6. The molecule has 32 heavy (non-hydrogen) atoms. The Morgan fingerprint density at radius 2 is 1.75 bits per heavy atom. The lowest BCUT2D eigenvalue weighted by Crippen LogP contribution is -2.45. The van der Waals surface area contributed by atoms with Crippen molar-refractivity contribution in [1.29, 1.82) is 0 Å². The zero-order chi connectivity index (χ0) is 22.5. The molecule has 0 aliphatic heterocycles. The number of urea groups is 1. The number of furan rings is 1. The second kappa shape index (κ2) is 9.73. The molecule has 1 saturated carbocycles. The fourth-order valence-electron chi connectivity index (χ4n) is 3.70. The first kappa shape index (κ1) is 21.7. The van der Waals surface area contributed by atoms with E-state index < -0.39 is 0 Å². The van der Waals surface area contributed by atoms with Gasteiger partial charge in [0, 0.05) is 18.3 Å². The van der Waals surface area contributed by atoms with Crippen molar-refractivity contribution in [3.05, 3.63) is 89.4 Å². The number of benzene rings is 2. The van der Waals surface area contributed by atoms with Gasteiger partial charge in [0.25, 0.3) is 0 Å². The summed E-state index contributed by atoms with van der Waals surface area (Å²) in [6.07, 6.45) is 3.45. The van der Waals surface area contributed by atoms with Gasteiger partial charge < -0.3 is 19.5 Å². The highest BCUT2D eigenvalue weighted by Gasteiger charge is 2.35. The Morgan fingerprint density at radius 3 is 2.44 bits per heavy atom. The van der Waals surface area contributed by atoms with Gasteiger partial charge in [-0.05, 0) is 61.6 Å². The fourth-order valence-corrected chi connectivity index (χ4v) is 3.70. The van der Waals surface area contributed by atoms with Crippen LogP contribution in [0.15, 0.2) is 71.3 Å². The third kappa shape index (κ3) is 5.38. The van der Waals surface area contributed by atoms with Crippen molar-refractivity contribution in [3.8, 4) is 0 Å². The maximum absolute atomic E-state index is 13.4. The van der Waals surface area contributed by atoms with Crippen LogP contribution in [0.1, 0.15) is 35.3 Å². The second-order valence-corrected chi connectivity index (χ2v) is 8.35. The van der Waals surface area contributed by atoms with Gasteiger partial charge in [-0.2, -0.15) is 0 Å². The van der Waals surface area contributed by atoms with Gasteiger partial charge in [-0.3, -0.25) is 4.79 Å². The topological polar surface area (TPSA) is 65.8 Å². The Morgan fingerprint density at radius 1 is 0.969 bits per heavy atom. The summed E-state index contributed by atoms with van der Waals surface area (Å²) in [6.45, 7) is 4.86. The van der Waals surface area contributed by atoms with E-state index in [0.717, 1.165) is 35.2 Å². The van der Waals surface area contributed by atoms with E-state index in [9.17, 15) is 9.59 Å². The number of hydrogen-bond acceptors (Lipinski definition) is 3. The number of carbonyl (C=O) groups excluding carboxylic acids is 2. The van der Waals surface area contributed by atoms with Gasteiger partial charge in [-0.1, -0.05) is 42.5 Å². The molecular weight excluding hydrogens is 402 g/mol. The SMILES string of the molecule is Cc1cccc(NC(=O)N(CC(=O)N(Cc2ccccc2)Cc2ccco2)C2CC2)c1C. The molecule has 1 aromatic heterocycles. The highest BCUT2D eigenvalue weighted by atomic mass is 16.3. The smallest absolute Gasteiger partial charge is 0.322 e. The zero-order valence-electron chi connectivity index (χ0n) is 18.6. The number of hydrogen-bond donors (Lipinski definition) is 1. The summed E-state index contributed by atoms with van der Waals surface area (Å²) in [5.74, 6) is 0.611. The summed E-state index contributed by atoms with van der Waals surface area (Å²) in [4.78, 5) is 29.9. The van der Waals surface area contributed by atoms with Crippen molar-refractivity contribution < 1.29 is 14.0 Å². The van der Waals surface area contributed by atoms with Crippen LogP contribution in [0, 0.1) is 13.8 Å². The molecule has 0 bridgehead atoms. The molecule has 1 aliphatic carbocycles. The first-order chi connectivity index (χ1) is 15.5. The van der Waals surface area contributed by atoms with E-state index in [1.807, 2.05) is 74.5 Å². The number of anilines is 1. The summed E-state index contributed by atoms with van der Waals surface area (Å²) in [5.41, 5.74) is 3.96. The second-order valence-electron chi connectivity index (χ2n) is 8.35. The van der Waals surface area contributed by atoms with E-state index in [-0.39, 0.29) is 24.5 Å². The molecule has 0 radical (unpaired) electrons. The van der Waals surface area contributed by atoms with Crippen LogP contribution < -0.4 is 5.32 Å². The van der Waals surface area contributed by atoms with Gasteiger partial charge in [0.15, 0.2) is 0 Å². The quantitative estimate of drug-likeness (QED) is 0.538. The predicted octanol–water partition coefficient (Wildman–Crippen LogP) is 5.12. The minimum absolute atomic E-state index is 0.0366. The standard InChI is InChI=1S/C26H29N3O3/c1-19-8-6-12-24(20(19)2)27-26(31)29(22-13-14-22)18-25(30)28(17-23-11-7-15-32-23)16-21-9-4-3-5-10-21/h3-12,15,22H,13-14,16-18H2,1-2H3,(H,27,31). The van der Waals surface area contributed by atoms with Crippen molar-refractivity contribution in [2.75, 3.05) is 11.9 Å². The van der Waals surface area contributed by atoms with Crippen LogP contribution >= 0.6 is 0 Å². The molecule has 1 aliphatic rings. The molecule has 3 aromatic rings. The summed E-state index contributed by atoms with van der Waals surface area (Å²) in [7, 11) is 0. The van der Waals surface area contributed by atoms with Gasteiger partial charge in [0.1, 0.15) is 12.3 Å². The molecule has 6 nitrogen and oxygen atoms in total. The Hall–Kier alpha value is -3.54. The number of nitrogens with zero attached hydrogens (tertiary/aromatic N) is 2. The van der Waals surface area contributed by atoms with E-state index in [1.54, 1.807) is 16.1 Å². The third-order valence-corrected chi connectivity index (χ3v) is 5.90. The van der Waals surface area contributed by atoms with E-state index in [4.69, 9.17) is 4.42 Å². The van der Waals surface area contributed by atoms with E-state index in [0.29, 0.717) is 18.8 Å². The van der Waals surface area contributed by atoms with Gasteiger partial charge in [-0.15, -0.1) is 0 Å². The van der Waals surface area contributed by atoms with Crippen molar-refractivity contribution in [1.82, 2.24) is 9.80 Å². The molecule has 3 amide bonds. The molecule has 0 unspecified atom stereocenters. The molecule has 4 rings (SSSR count). The summed E-state index contributed by atoms with van der Waals surface area (Å²) in [6, 6.07) is 19.2. The number of carbonyl (C=O) groups is 2. The van der Waals surface area contributed by atoms with Crippen LogP contribution in [0.4, 0.5) is 10.5 Å². The first-order valence-electron chi connectivity index (χ1n) is 11.0. The molecule has 0 atom stereocenters. The van der Waals surface area contributed by atoms with E-state index in [2.05, 4.69) is 5.32 Å². The largest absolute Gasteiger partial charge is 0.467 e. The highest BCUT2D eigenvalue weighted by molar-refractivity contribution is 5.93. The van der Waals surface area contributed by atoms with Crippen molar-refractivity contribution in [2.45, 2.75) is 45.8 Å². The third-order valence-electron chi connectivity index (χ3n) is 5.90. The van der Waals surface area contributed by atoms with E-state index >= 15 is 0 Å². The normalized spacial score (nSPS) is 12.9. The Kier molecular flexibility index (Phi) is 6.59. The van der Waals surface area contributed by atoms with Gasteiger partial charge in [0.05, 0.1) is 12.8 Å². The lowest BCUT2D eigenvalue weighted by atomic mass is 10.1. The Balaban J connectivity index is 1.49. The number of nitrogens with one attached hydrogen (secondary N) is 1. The van der Waals surface area contributed by atoms with Crippen molar-refractivity contribution in [3.63, 3.8) is 0 Å². The van der Waals surface area contributed by atoms with Crippen LogP contribution in [-0.4, -0.2) is 34.3 Å². The number of amides is 3. The fraction of sp³-hybridized carbons (Fsp3) is 0.308. The van der Waals surface area contributed by atoms with Crippen LogP contribution in [0.3, 0.4) is 0 Å². The van der Waals surface area contributed by atoms with Crippen molar-refractivity contribution >= 4 is 17.6 Å². The lowest BCUT2D eigenvalue weighted by molar-refractivity contribution is -0.133. The maximum Gasteiger partial charge on any atom is 0.322 e. The molecule has 6 heteroatoms. The molecule has 166 valence electrons. The first-order valence-corrected chi connectivity index (χ1v) is 11.0. The highest BCUT2D eigenvalue weighted by Crippen LogP contribution is 2.28. The summed E-state index contributed by atoms with van der Waals surface area (Å²) in [5, 5.41) is 3.01. The van der Waals surface area contributed by atoms with Gasteiger partial charge in [0.2, 0.25) is 5.91 Å². The number of aryl methyl sites for hydroxylation is 1.